The highest BCUT2D eigenvalue weighted by molar-refractivity contribution is 7.72. The van der Waals surface area contributed by atoms with Crippen LogP contribution in [0.5, 0.6) is 0 Å². The van der Waals surface area contributed by atoms with Gasteiger partial charge in [-0.2, -0.15) is 5.10 Å². The normalized spacial score (nSPS) is 11.3. The molecule has 0 bridgehead atoms. The van der Waals surface area contributed by atoms with Crippen molar-refractivity contribution in [3.05, 3.63) is 84.1 Å². The van der Waals surface area contributed by atoms with Crippen molar-refractivity contribution in [3.8, 4) is 0 Å². The highest BCUT2D eigenvalue weighted by Crippen LogP contribution is 2.37. The van der Waals surface area contributed by atoms with Crippen molar-refractivity contribution in [2.45, 2.75) is 20.0 Å². The molecular formula is C20H19N4P. The van der Waals surface area contributed by atoms with Crippen LogP contribution < -0.4 is 10.6 Å². The lowest BCUT2D eigenvalue weighted by Crippen LogP contribution is -2.13. The number of benzene rings is 2. The Morgan fingerprint density at radius 1 is 0.880 bits per heavy atom. The lowest BCUT2D eigenvalue weighted by Gasteiger charge is -2.17. The molecule has 0 aliphatic rings. The summed E-state index contributed by atoms with van der Waals surface area (Å²) >= 11 is 0. The first-order valence-electron chi connectivity index (χ1n) is 8.28. The molecule has 0 atom stereocenters. The van der Waals surface area contributed by atoms with Gasteiger partial charge in [0.15, 0.2) is 11.5 Å². The van der Waals surface area contributed by atoms with Gasteiger partial charge in [0.1, 0.15) is 0 Å². The van der Waals surface area contributed by atoms with E-state index in [1.165, 1.54) is 10.6 Å². The van der Waals surface area contributed by atoms with Gasteiger partial charge < -0.3 is 0 Å². The molecule has 0 fully saturated rings. The van der Waals surface area contributed by atoms with E-state index < -0.39 is 7.92 Å². The van der Waals surface area contributed by atoms with Crippen LogP contribution in [0.3, 0.4) is 0 Å². The van der Waals surface area contributed by atoms with Crippen molar-refractivity contribution in [3.63, 3.8) is 0 Å². The van der Waals surface area contributed by atoms with Gasteiger partial charge in [0, 0.05) is 12.4 Å². The van der Waals surface area contributed by atoms with Crippen LogP contribution in [-0.4, -0.2) is 19.6 Å². The molecular weight excluding hydrogens is 327 g/mol. The second kappa shape index (κ2) is 6.73. The van der Waals surface area contributed by atoms with Crippen molar-refractivity contribution < 1.29 is 0 Å². The van der Waals surface area contributed by atoms with Crippen LogP contribution in [0, 0.1) is 13.8 Å². The third-order valence-electron chi connectivity index (χ3n) is 4.19. The maximum absolute atomic E-state index is 4.77. The molecule has 0 amide bonds. The Morgan fingerprint density at radius 2 is 1.48 bits per heavy atom. The number of hydrogen-bond acceptors (Lipinski definition) is 3. The summed E-state index contributed by atoms with van der Waals surface area (Å²) in [6.07, 6.45) is 2.67. The average molecular weight is 346 g/mol. The van der Waals surface area contributed by atoms with Crippen LogP contribution in [0.25, 0.3) is 5.65 Å². The van der Waals surface area contributed by atoms with Gasteiger partial charge in [-0.3, -0.25) is 4.98 Å². The predicted molar refractivity (Wildman–Crippen MR) is 103 cm³/mol. The second-order valence-electron chi connectivity index (χ2n) is 6.01. The first-order valence-corrected chi connectivity index (χ1v) is 9.80. The standard InChI is InChI=1S/C20H19N4P/c1-15-13-21-16(2)20-22-19(23-24(15)20)14-25(17-9-5-3-6-10-17)18-11-7-4-8-12-18/h3-13H,14H2,1-2H3. The summed E-state index contributed by atoms with van der Waals surface area (Å²) in [5.41, 5.74) is 2.77. The highest BCUT2D eigenvalue weighted by atomic mass is 31.1. The molecule has 0 unspecified atom stereocenters. The Hall–Kier alpha value is -2.58. The Kier molecular flexibility index (Phi) is 4.29. The Balaban J connectivity index is 1.77. The molecule has 0 aliphatic heterocycles. The van der Waals surface area contributed by atoms with E-state index in [9.17, 15) is 0 Å². The Labute approximate surface area is 148 Å². The van der Waals surface area contributed by atoms with E-state index in [0.29, 0.717) is 0 Å². The van der Waals surface area contributed by atoms with Gasteiger partial charge in [0.05, 0.1) is 11.4 Å². The number of nitrogens with zero attached hydrogens (tertiary/aromatic N) is 4. The monoisotopic (exact) mass is 346 g/mol. The summed E-state index contributed by atoms with van der Waals surface area (Å²) < 4.78 is 1.90. The van der Waals surface area contributed by atoms with Crippen LogP contribution >= 0.6 is 7.92 Å². The highest BCUT2D eigenvalue weighted by Gasteiger charge is 2.18. The maximum atomic E-state index is 4.77. The minimum absolute atomic E-state index is 0.542. The molecule has 0 aliphatic carbocycles. The zero-order valence-corrected chi connectivity index (χ0v) is 15.2. The van der Waals surface area contributed by atoms with E-state index in [0.717, 1.165) is 29.0 Å². The third kappa shape index (κ3) is 3.18. The molecule has 0 saturated carbocycles. The summed E-state index contributed by atoms with van der Waals surface area (Å²) in [6, 6.07) is 21.3. The summed E-state index contributed by atoms with van der Waals surface area (Å²) in [5, 5.41) is 7.43. The van der Waals surface area contributed by atoms with E-state index in [2.05, 4.69) is 65.6 Å². The van der Waals surface area contributed by atoms with Crippen molar-refractivity contribution in [2.75, 3.05) is 0 Å². The maximum Gasteiger partial charge on any atom is 0.177 e. The number of aryl methyl sites for hydroxylation is 2. The van der Waals surface area contributed by atoms with Crippen molar-refractivity contribution in [1.82, 2.24) is 19.6 Å². The van der Waals surface area contributed by atoms with Crippen LogP contribution in [0.4, 0.5) is 0 Å². The second-order valence-corrected chi connectivity index (χ2v) is 8.21. The van der Waals surface area contributed by atoms with E-state index in [-0.39, 0.29) is 0 Å². The first kappa shape index (κ1) is 15.9. The van der Waals surface area contributed by atoms with Gasteiger partial charge in [-0.05, 0) is 32.4 Å². The number of fused-ring (bicyclic) bond motifs is 1. The molecule has 4 rings (SSSR count). The number of hydrogen-bond donors (Lipinski definition) is 0. The van der Waals surface area contributed by atoms with Gasteiger partial charge in [-0.25, -0.2) is 9.50 Å². The smallest absolute Gasteiger partial charge is 0.177 e. The summed E-state index contributed by atoms with van der Waals surface area (Å²) in [4.78, 5) is 9.17. The fraction of sp³-hybridized carbons (Fsp3) is 0.150. The SMILES string of the molecule is Cc1ncc(C)n2nc(CP(c3ccccc3)c3ccccc3)nc12. The fourth-order valence-corrected chi connectivity index (χ4v) is 5.04. The van der Waals surface area contributed by atoms with Crippen LogP contribution in [0.15, 0.2) is 66.9 Å². The molecule has 5 heteroatoms. The fourth-order valence-electron chi connectivity index (χ4n) is 2.89. The van der Waals surface area contributed by atoms with Crippen LogP contribution in [0.1, 0.15) is 17.2 Å². The Bertz CT molecular complexity index is 918. The molecule has 0 radical (unpaired) electrons. The zero-order valence-electron chi connectivity index (χ0n) is 14.3. The number of rotatable bonds is 4. The van der Waals surface area contributed by atoms with Crippen molar-refractivity contribution >= 4 is 24.2 Å². The summed E-state index contributed by atoms with van der Waals surface area (Å²) in [7, 11) is -0.542. The lowest BCUT2D eigenvalue weighted by atomic mass is 10.4. The summed E-state index contributed by atoms with van der Waals surface area (Å²) in [5.74, 6) is 0.873. The van der Waals surface area contributed by atoms with Crippen LogP contribution in [0.2, 0.25) is 0 Å². The molecule has 2 aromatic heterocycles. The zero-order chi connectivity index (χ0) is 17.2. The van der Waals surface area contributed by atoms with Crippen molar-refractivity contribution in [2.24, 2.45) is 0 Å². The lowest BCUT2D eigenvalue weighted by molar-refractivity contribution is 0.868. The molecule has 124 valence electrons. The predicted octanol–water partition coefficient (Wildman–Crippen LogP) is 3.37. The van der Waals surface area contributed by atoms with E-state index in [1.807, 2.05) is 24.6 Å². The average Bonchev–Trinajstić information content (AvgIpc) is 3.10. The molecule has 0 N–H and O–H groups in total. The molecule has 2 heterocycles. The van der Waals surface area contributed by atoms with E-state index in [4.69, 9.17) is 10.1 Å². The molecule has 4 nitrogen and oxygen atoms in total. The van der Waals surface area contributed by atoms with E-state index >= 15 is 0 Å². The quantitative estimate of drug-likeness (QED) is 0.532. The van der Waals surface area contributed by atoms with E-state index in [1.54, 1.807) is 0 Å². The number of aromatic nitrogens is 4. The molecule has 25 heavy (non-hydrogen) atoms. The third-order valence-corrected chi connectivity index (χ3v) is 6.63. The topological polar surface area (TPSA) is 43.1 Å². The van der Waals surface area contributed by atoms with Gasteiger partial charge >= 0.3 is 0 Å². The summed E-state index contributed by atoms with van der Waals surface area (Å²) in [6.45, 7) is 3.99. The van der Waals surface area contributed by atoms with Gasteiger partial charge in [-0.1, -0.05) is 60.7 Å². The van der Waals surface area contributed by atoms with Gasteiger partial charge in [-0.15, -0.1) is 0 Å². The molecule has 0 saturated heterocycles. The minimum Gasteiger partial charge on any atom is -0.256 e. The first-order chi connectivity index (χ1) is 12.2. The van der Waals surface area contributed by atoms with Gasteiger partial charge in [0.25, 0.3) is 0 Å². The molecule has 0 spiro atoms. The molecule has 4 aromatic rings. The minimum atomic E-state index is -0.542. The van der Waals surface area contributed by atoms with Gasteiger partial charge in [0.2, 0.25) is 0 Å². The van der Waals surface area contributed by atoms with Crippen molar-refractivity contribution in [1.29, 1.82) is 0 Å². The van der Waals surface area contributed by atoms with Crippen LogP contribution in [-0.2, 0) is 6.16 Å². The Morgan fingerprint density at radius 3 is 2.04 bits per heavy atom. The largest absolute Gasteiger partial charge is 0.256 e. The molecule has 2 aromatic carbocycles.